The highest BCUT2D eigenvalue weighted by atomic mass is 35.5. The number of halogens is 1. The average Bonchev–Trinajstić information content (AvgIpc) is 2.74. The average molecular weight is 473 g/mol. The predicted octanol–water partition coefficient (Wildman–Crippen LogP) is 4.97. The number of rotatable bonds is 6. The van der Waals surface area contributed by atoms with Crippen LogP contribution in [0.5, 0.6) is 11.5 Å². The van der Waals surface area contributed by atoms with Crippen LogP contribution in [0.1, 0.15) is 37.0 Å². The van der Waals surface area contributed by atoms with E-state index >= 15 is 0 Å². The number of hydrogen-bond acceptors (Lipinski definition) is 5. The number of hydrogen-bond donors (Lipinski definition) is 1. The topological polar surface area (TPSA) is 67.9 Å². The van der Waals surface area contributed by atoms with E-state index in [1.165, 1.54) is 18.1 Å². The molecule has 0 saturated carbocycles. The molecule has 1 saturated heterocycles. The van der Waals surface area contributed by atoms with Gasteiger partial charge in [-0.2, -0.15) is 0 Å². The van der Waals surface area contributed by atoms with Crippen LogP contribution in [0.2, 0.25) is 5.02 Å². The number of aryl methyl sites for hydroxylation is 2. The Morgan fingerprint density at radius 3 is 2.53 bits per heavy atom. The fourth-order valence-electron chi connectivity index (χ4n) is 3.15. The van der Waals surface area contributed by atoms with Gasteiger partial charge in [-0.05, 0) is 86.4 Å². The van der Waals surface area contributed by atoms with Crippen LogP contribution in [0, 0.1) is 13.8 Å². The molecule has 1 N–H and O–H groups in total. The molecule has 0 aliphatic carbocycles. The van der Waals surface area contributed by atoms with E-state index in [4.69, 9.17) is 33.3 Å². The minimum absolute atomic E-state index is 0.0355. The number of carbonyl (C=O) groups is 2. The summed E-state index contributed by atoms with van der Waals surface area (Å²) in [5.41, 5.74) is 3.14. The Hall–Kier alpha value is -2.90. The van der Waals surface area contributed by atoms with Gasteiger partial charge in [-0.1, -0.05) is 24.6 Å². The van der Waals surface area contributed by atoms with Crippen molar-refractivity contribution in [3.8, 4) is 11.5 Å². The van der Waals surface area contributed by atoms with Crippen molar-refractivity contribution in [3.05, 3.63) is 57.6 Å². The first-order valence-corrected chi connectivity index (χ1v) is 11.0. The summed E-state index contributed by atoms with van der Waals surface area (Å²) in [6, 6.07) is 8.85. The van der Waals surface area contributed by atoms with Crippen molar-refractivity contribution in [3.63, 3.8) is 0 Å². The summed E-state index contributed by atoms with van der Waals surface area (Å²) in [7, 11) is 1.50. The lowest BCUT2D eigenvalue weighted by molar-refractivity contribution is -0.122. The largest absolute Gasteiger partial charge is 0.493 e. The summed E-state index contributed by atoms with van der Waals surface area (Å²) in [6.07, 6.45) is 2.21. The number of carbonyl (C=O) groups excluding carboxylic acids is 2. The molecule has 168 valence electrons. The zero-order valence-electron chi connectivity index (χ0n) is 18.6. The molecule has 1 fully saturated rings. The van der Waals surface area contributed by atoms with Crippen molar-refractivity contribution in [2.45, 2.75) is 40.2 Å². The maximum Gasteiger partial charge on any atom is 0.270 e. The van der Waals surface area contributed by atoms with Gasteiger partial charge in [0.25, 0.3) is 11.8 Å². The number of nitrogens with one attached hydrogen (secondary N) is 1. The van der Waals surface area contributed by atoms with Crippen molar-refractivity contribution in [2.75, 3.05) is 12.0 Å². The van der Waals surface area contributed by atoms with Crippen LogP contribution < -0.4 is 19.7 Å². The zero-order chi connectivity index (χ0) is 23.6. The molecule has 1 aliphatic heterocycles. The summed E-state index contributed by atoms with van der Waals surface area (Å²) >= 11 is 11.7. The highest BCUT2D eigenvalue weighted by Crippen LogP contribution is 2.38. The van der Waals surface area contributed by atoms with Gasteiger partial charge < -0.3 is 9.47 Å². The van der Waals surface area contributed by atoms with Gasteiger partial charge in [-0.15, -0.1) is 0 Å². The molecule has 1 heterocycles. The molecular weight excluding hydrogens is 448 g/mol. The molecule has 0 aromatic heterocycles. The van der Waals surface area contributed by atoms with Crippen LogP contribution in [-0.2, 0) is 9.59 Å². The Kier molecular flexibility index (Phi) is 7.21. The normalized spacial score (nSPS) is 16.2. The number of nitrogens with zero attached hydrogens (tertiary/aromatic N) is 1. The molecule has 0 spiro atoms. The zero-order valence-corrected chi connectivity index (χ0v) is 20.2. The molecule has 2 amide bonds. The van der Waals surface area contributed by atoms with Gasteiger partial charge in [0.15, 0.2) is 16.6 Å². The van der Waals surface area contributed by atoms with E-state index < -0.39 is 11.8 Å². The lowest BCUT2D eigenvalue weighted by Crippen LogP contribution is -2.54. The minimum atomic E-state index is -0.574. The smallest absolute Gasteiger partial charge is 0.270 e. The number of ether oxygens (including phenoxy) is 2. The lowest BCUT2D eigenvalue weighted by Gasteiger charge is -2.29. The summed E-state index contributed by atoms with van der Waals surface area (Å²) in [5.74, 6) is -0.259. The predicted molar refractivity (Wildman–Crippen MR) is 131 cm³/mol. The molecule has 32 heavy (non-hydrogen) atoms. The van der Waals surface area contributed by atoms with Crippen molar-refractivity contribution in [1.29, 1.82) is 0 Å². The van der Waals surface area contributed by atoms with Crippen LogP contribution in [0.25, 0.3) is 6.08 Å². The van der Waals surface area contributed by atoms with Crippen LogP contribution in [0.15, 0.2) is 35.9 Å². The third-order valence-electron chi connectivity index (χ3n) is 5.31. The van der Waals surface area contributed by atoms with Crippen LogP contribution in [0.4, 0.5) is 5.69 Å². The van der Waals surface area contributed by atoms with E-state index in [1.54, 1.807) is 18.2 Å². The van der Waals surface area contributed by atoms with Crippen LogP contribution in [0.3, 0.4) is 0 Å². The summed E-state index contributed by atoms with van der Waals surface area (Å²) in [4.78, 5) is 27.2. The Morgan fingerprint density at radius 1 is 1.19 bits per heavy atom. The number of methoxy groups -OCH3 is 1. The first-order valence-electron chi connectivity index (χ1n) is 10.2. The fourth-order valence-corrected chi connectivity index (χ4v) is 3.69. The first kappa shape index (κ1) is 23.8. The van der Waals surface area contributed by atoms with E-state index in [0.29, 0.717) is 27.8 Å². The van der Waals surface area contributed by atoms with E-state index in [0.717, 1.165) is 17.5 Å². The molecule has 0 radical (unpaired) electrons. The molecule has 6 nitrogen and oxygen atoms in total. The van der Waals surface area contributed by atoms with Crippen molar-refractivity contribution in [2.24, 2.45) is 0 Å². The van der Waals surface area contributed by atoms with Crippen molar-refractivity contribution in [1.82, 2.24) is 5.32 Å². The van der Waals surface area contributed by atoms with Crippen molar-refractivity contribution >= 4 is 52.5 Å². The summed E-state index contributed by atoms with van der Waals surface area (Å²) in [6.45, 7) is 7.86. The maximum atomic E-state index is 13.3. The monoisotopic (exact) mass is 472 g/mol. The van der Waals surface area contributed by atoms with Gasteiger partial charge in [0, 0.05) is 0 Å². The third-order valence-corrected chi connectivity index (χ3v) is 5.87. The molecule has 8 heteroatoms. The quantitative estimate of drug-likeness (QED) is 0.365. The van der Waals surface area contributed by atoms with Crippen LogP contribution >= 0.6 is 23.8 Å². The summed E-state index contributed by atoms with van der Waals surface area (Å²) < 4.78 is 11.3. The SMILES string of the molecule is CC[C@@H](C)Oc1c(Cl)cc(/C=C2\C(=O)NC(=S)N(c3ccc(C)c(C)c3)C2=O)cc1OC. The van der Waals surface area contributed by atoms with Gasteiger partial charge in [-0.3, -0.25) is 19.8 Å². The molecule has 3 rings (SSSR count). The number of amides is 2. The van der Waals surface area contributed by atoms with E-state index in [1.807, 2.05) is 39.8 Å². The Labute approximate surface area is 198 Å². The van der Waals surface area contributed by atoms with Crippen LogP contribution in [-0.4, -0.2) is 30.1 Å². The molecule has 0 bridgehead atoms. The Morgan fingerprint density at radius 2 is 1.91 bits per heavy atom. The Balaban J connectivity index is 2.02. The van der Waals surface area contributed by atoms with E-state index in [2.05, 4.69) is 5.32 Å². The van der Waals surface area contributed by atoms with Gasteiger partial charge in [0.1, 0.15) is 5.57 Å². The summed E-state index contributed by atoms with van der Waals surface area (Å²) in [5, 5.41) is 2.95. The van der Waals surface area contributed by atoms with E-state index in [9.17, 15) is 9.59 Å². The lowest BCUT2D eigenvalue weighted by atomic mass is 10.0. The van der Waals surface area contributed by atoms with Gasteiger partial charge >= 0.3 is 0 Å². The van der Waals surface area contributed by atoms with Gasteiger partial charge in [-0.25, -0.2) is 0 Å². The minimum Gasteiger partial charge on any atom is -0.493 e. The highest BCUT2D eigenvalue weighted by Gasteiger charge is 2.34. The van der Waals surface area contributed by atoms with Gasteiger partial charge in [0.2, 0.25) is 0 Å². The standard InChI is InChI=1S/C24H25ClN2O4S/c1-6-15(4)31-21-19(25)11-16(12-20(21)30-5)10-18-22(28)26-24(32)27(23(18)29)17-8-7-13(2)14(3)9-17/h7-12,15H,6H2,1-5H3,(H,26,28,32)/b18-10+/t15-/m1/s1. The fraction of sp³-hybridized carbons (Fsp3) is 0.292. The molecule has 2 aromatic carbocycles. The second-order valence-corrected chi connectivity index (χ2v) is 8.39. The molecule has 1 atom stereocenters. The van der Waals surface area contributed by atoms with Crippen molar-refractivity contribution < 1.29 is 19.1 Å². The molecular formula is C24H25ClN2O4S. The van der Waals surface area contributed by atoms with E-state index in [-0.39, 0.29) is 16.8 Å². The third kappa shape index (κ3) is 4.79. The Bertz CT molecular complexity index is 1130. The first-order chi connectivity index (χ1) is 15.2. The second-order valence-electron chi connectivity index (χ2n) is 7.60. The van der Waals surface area contributed by atoms with Gasteiger partial charge in [0.05, 0.1) is 23.9 Å². The molecule has 2 aromatic rings. The second kappa shape index (κ2) is 9.71. The molecule has 1 aliphatic rings. The number of anilines is 1. The molecule has 0 unspecified atom stereocenters. The maximum absolute atomic E-state index is 13.3. The number of benzene rings is 2. The number of thiocarbonyl (C=S) groups is 1. The highest BCUT2D eigenvalue weighted by molar-refractivity contribution is 7.80.